The van der Waals surface area contributed by atoms with Gasteiger partial charge in [0.25, 0.3) is 0 Å². The van der Waals surface area contributed by atoms with Crippen molar-refractivity contribution in [1.82, 2.24) is 4.98 Å². The highest BCUT2D eigenvalue weighted by Crippen LogP contribution is 2.30. The molecule has 5 nitrogen and oxygen atoms in total. The van der Waals surface area contributed by atoms with Gasteiger partial charge in [0.05, 0.1) is 13.7 Å². The first kappa shape index (κ1) is 18.0. The third-order valence-electron chi connectivity index (χ3n) is 4.20. The molecule has 0 bridgehead atoms. The fraction of sp³-hybridized carbons (Fsp3) is 0.136. The van der Waals surface area contributed by atoms with Gasteiger partial charge < -0.3 is 9.47 Å². The summed E-state index contributed by atoms with van der Waals surface area (Å²) in [6.45, 7) is 9.57. The highest BCUT2D eigenvalue weighted by molar-refractivity contribution is 5.74. The van der Waals surface area contributed by atoms with Gasteiger partial charge in [-0.25, -0.2) is 4.85 Å². The van der Waals surface area contributed by atoms with Crippen molar-refractivity contribution in [2.45, 2.75) is 13.5 Å². The lowest BCUT2D eigenvalue weighted by Gasteiger charge is -2.11. The summed E-state index contributed by atoms with van der Waals surface area (Å²) in [5.41, 5.74) is 5.02. The fourth-order valence-corrected chi connectivity index (χ4v) is 2.79. The third-order valence-corrected chi connectivity index (χ3v) is 4.20. The van der Waals surface area contributed by atoms with Crippen LogP contribution in [0.2, 0.25) is 0 Å². The van der Waals surface area contributed by atoms with Gasteiger partial charge in [0.15, 0.2) is 5.69 Å². The normalized spacial score (nSPS) is 9.93. The van der Waals surface area contributed by atoms with Crippen molar-refractivity contribution >= 4 is 5.69 Å². The van der Waals surface area contributed by atoms with E-state index in [0.717, 1.165) is 22.3 Å². The van der Waals surface area contributed by atoms with Crippen LogP contribution >= 0.6 is 0 Å². The minimum atomic E-state index is 0.246. The second kappa shape index (κ2) is 8.03. The Bertz CT molecular complexity index is 1060. The standard InChI is InChI=1S/C22H17N3O2/c1-15-19(8-5-9-20(15)24-2)17-7-4-6-16(12-17)14-27-21-11-10-18(13-23)22(25-21)26-3/h4-12H,14H2,1,3H3. The van der Waals surface area contributed by atoms with E-state index in [1.807, 2.05) is 55.5 Å². The van der Waals surface area contributed by atoms with Gasteiger partial charge in [-0.2, -0.15) is 10.2 Å². The SMILES string of the molecule is [C-]#[N+]c1cccc(-c2cccc(COc3ccc(C#N)c(OC)n3)c2)c1C. The van der Waals surface area contributed by atoms with Crippen molar-refractivity contribution in [2.24, 2.45) is 0 Å². The van der Waals surface area contributed by atoms with Gasteiger partial charge >= 0.3 is 0 Å². The molecule has 0 saturated heterocycles. The summed E-state index contributed by atoms with van der Waals surface area (Å²) in [6, 6.07) is 19.0. The molecule has 132 valence electrons. The number of ether oxygens (including phenoxy) is 2. The fourth-order valence-electron chi connectivity index (χ4n) is 2.79. The Morgan fingerprint density at radius 2 is 1.96 bits per heavy atom. The first-order valence-electron chi connectivity index (χ1n) is 8.30. The highest BCUT2D eigenvalue weighted by Gasteiger charge is 2.09. The van der Waals surface area contributed by atoms with Crippen molar-refractivity contribution in [3.8, 4) is 29.0 Å². The molecule has 0 N–H and O–H groups in total. The maximum atomic E-state index is 9.02. The Morgan fingerprint density at radius 1 is 1.15 bits per heavy atom. The molecule has 0 amide bonds. The molecule has 27 heavy (non-hydrogen) atoms. The molecule has 0 aliphatic carbocycles. The molecule has 5 heteroatoms. The van der Waals surface area contributed by atoms with Gasteiger partial charge in [-0.1, -0.05) is 36.4 Å². The molecule has 0 atom stereocenters. The smallest absolute Gasteiger partial charge is 0.234 e. The molecule has 0 unspecified atom stereocenters. The van der Waals surface area contributed by atoms with Gasteiger partial charge in [0.1, 0.15) is 18.2 Å². The summed E-state index contributed by atoms with van der Waals surface area (Å²) in [5, 5.41) is 9.02. The van der Waals surface area contributed by atoms with Crippen LogP contribution in [-0.2, 0) is 6.61 Å². The van der Waals surface area contributed by atoms with Gasteiger partial charge in [-0.15, -0.1) is 0 Å². The van der Waals surface area contributed by atoms with E-state index in [9.17, 15) is 0 Å². The van der Waals surface area contributed by atoms with Crippen LogP contribution in [0.3, 0.4) is 0 Å². The van der Waals surface area contributed by atoms with Crippen LogP contribution in [0.15, 0.2) is 54.6 Å². The van der Waals surface area contributed by atoms with Crippen molar-refractivity contribution in [2.75, 3.05) is 7.11 Å². The Labute approximate surface area is 158 Å². The third kappa shape index (κ3) is 3.89. The summed E-state index contributed by atoms with van der Waals surface area (Å²) in [4.78, 5) is 7.76. The van der Waals surface area contributed by atoms with E-state index >= 15 is 0 Å². The monoisotopic (exact) mass is 355 g/mol. The van der Waals surface area contributed by atoms with Gasteiger partial charge in [-0.3, -0.25) is 0 Å². The Balaban J connectivity index is 1.82. The van der Waals surface area contributed by atoms with Crippen molar-refractivity contribution in [1.29, 1.82) is 5.26 Å². The topological polar surface area (TPSA) is 59.5 Å². The molecule has 3 aromatic rings. The second-order valence-corrected chi connectivity index (χ2v) is 5.87. The van der Waals surface area contributed by atoms with E-state index in [0.29, 0.717) is 23.7 Å². The summed E-state index contributed by atoms with van der Waals surface area (Å²) in [7, 11) is 1.47. The van der Waals surface area contributed by atoms with E-state index < -0.39 is 0 Å². The van der Waals surface area contributed by atoms with Gasteiger partial charge in [-0.05, 0) is 41.3 Å². The number of nitriles is 1. The van der Waals surface area contributed by atoms with Crippen molar-refractivity contribution in [3.05, 3.63) is 82.7 Å². The minimum Gasteiger partial charge on any atom is -0.480 e. The summed E-state index contributed by atoms with van der Waals surface area (Å²) < 4.78 is 10.9. The van der Waals surface area contributed by atoms with E-state index in [4.69, 9.17) is 21.3 Å². The maximum absolute atomic E-state index is 9.02. The Morgan fingerprint density at radius 3 is 2.70 bits per heavy atom. The zero-order valence-electron chi connectivity index (χ0n) is 15.1. The molecular weight excluding hydrogens is 338 g/mol. The molecule has 1 heterocycles. The van der Waals surface area contributed by atoms with E-state index in [-0.39, 0.29) is 5.88 Å². The molecule has 0 radical (unpaired) electrons. The van der Waals surface area contributed by atoms with Crippen LogP contribution in [0.5, 0.6) is 11.8 Å². The molecule has 0 aliphatic rings. The molecule has 3 rings (SSSR count). The minimum absolute atomic E-state index is 0.246. The molecular formula is C22H17N3O2. The summed E-state index contributed by atoms with van der Waals surface area (Å²) in [6.07, 6.45) is 0. The van der Waals surface area contributed by atoms with Gasteiger partial charge in [0, 0.05) is 6.07 Å². The zero-order valence-corrected chi connectivity index (χ0v) is 15.1. The van der Waals surface area contributed by atoms with Crippen LogP contribution in [0.4, 0.5) is 5.69 Å². The lowest BCUT2D eigenvalue weighted by atomic mass is 9.98. The molecule has 0 spiro atoms. The Kier molecular flexibility index (Phi) is 5.35. The Hall–Kier alpha value is -3.83. The summed E-state index contributed by atoms with van der Waals surface area (Å²) in [5.74, 6) is 0.637. The number of benzene rings is 2. The van der Waals surface area contributed by atoms with E-state index in [1.54, 1.807) is 12.1 Å². The lowest BCUT2D eigenvalue weighted by Crippen LogP contribution is -2.00. The average molecular weight is 355 g/mol. The van der Waals surface area contributed by atoms with Crippen LogP contribution in [0.1, 0.15) is 16.7 Å². The molecule has 1 aromatic heterocycles. The van der Waals surface area contributed by atoms with Crippen molar-refractivity contribution < 1.29 is 9.47 Å². The zero-order chi connectivity index (χ0) is 19.2. The quantitative estimate of drug-likeness (QED) is 0.600. The number of aromatic nitrogens is 1. The lowest BCUT2D eigenvalue weighted by molar-refractivity contribution is 0.287. The predicted molar refractivity (Wildman–Crippen MR) is 103 cm³/mol. The molecule has 2 aromatic carbocycles. The van der Waals surface area contributed by atoms with Crippen molar-refractivity contribution in [3.63, 3.8) is 0 Å². The largest absolute Gasteiger partial charge is 0.480 e. The number of pyridine rings is 1. The maximum Gasteiger partial charge on any atom is 0.234 e. The van der Waals surface area contributed by atoms with Crippen LogP contribution in [-0.4, -0.2) is 12.1 Å². The number of nitrogens with zero attached hydrogens (tertiary/aromatic N) is 3. The first-order chi connectivity index (χ1) is 13.2. The number of hydrogen-bond donors (Lipinski definition) is 0. The van der Waals surface area contributed by atoms with Crippen LogP contribution < -0.4 is 9.47 Å². The molecule has 0 saturated carbocycles. The van der Waals surface area contributed by atoms with Crippen LogP contribution in [0, 0.1) is 24.8 Å². The van der Waals surface area contributed by atoms with E-state index in [1.165, 1.54) is 7.11 Å². The second-order valence-electron chi connectivity index (χ2n) is 5.87. The molecule has 0 aliphatic heterocycles. The number of methoxy groups -OCH3 is 1. The predicted octanol–water partition coefficient (Wildman–Crippen LogP) is 5.07. The van der Waals surface area contributed by atoms with Gasteiger partial charge in [0.2, 0.25) is 11.8 Å². The average Bonchev–Trinajstić information content (AvgIpc) is 2.72. The highest BCUT2D eigenvalue weighted by atomic mass is 16.5. The van der Waals surface area contributed by atoms with E-state index in [2.05, 4.69) is 9.83 Å². The summed E-state index contributed by atoms with van der Waals surface area (Å²) >= 11 is 0. The number of rotatable bonds is 5. The first-order valence-corrected chi connectivity index (χ1v) is 8.30. The number of hydrogen-bond acceptors (Lipinski definition) is 4. The van der Waals surface area contributed by atoms with Crippen LogP contribution in [0.25, 0.3) is 16.0 Å². The molecule has 0 fully saturated rings.